The molecule has 2 unspecified atom stereocenters. The number of esters is 2. The van der Waals surface area contributed by atoms with Crippen molar-refractivity contribution in [2.75, 3.05) is 32.8 Å². The normalized spacial score (nSPS) is 25.9. The van der Waals surface area contributed by atoms with Gasteiger partial charge in [0.05, 0.1) is 19.6 Å². The highest BCUT2D eigenvalue weighted by Gasteiger charge is 2.64. The topological polar surface area (TPSA) is 114 Å². The van der Waals surface area contributed by atoms with Gasteiger partial charge >= 0.3 is 11.9 Å². The summed E-state index contributed by atoms with van der Waals surface area (Å²) in [6.45, 7) is 7.17. The average Bonchev–Trinajstić information content (AvgIpc) is 3.01. The molecular formula is C24H36F2O9P2. The molecule has 1 aromatic carbocycles. The molecule has 1 aromatic rings. The second-order valence-corrected chi connectivity index (χ2v) is 15.6. The van der Waals surface area contributed by atoms with Crippen molar-refractivity contribution < 1.29 is 51.0 Å². The number of hydrogen-bond acceptors (Lipinski definition) is 9. The number of ether oxygens (including phenoxy) is 4. The van der Waals surface area contributed by atoms with Gasteiger partial charge in [0.2, 0.25) is 6.29 Å². The number of benzene rings is 1. The maximum atomic E-state index is 15.4. The largest absolute Gasteiger partial charge is 0.453 e. The van der Waals surface area contributed by atoms with E-state index in [2.05, 4.69) is 0 Å². The third-order valence-corrected chi connectivity index (χ3v) is 9.51. The van der Waals surface area contributed by atoms with E-state index in [0.29, 0.717) is 5.56 Å². The summed E-state index contributed by atoms with van der Waals surface area (Å²) >= 11 is 0. The Morgan fingerprint density at radius 2 is 1.65 bits per heavy atom. The summed E-state index contributed by atoms with van der Waals surface area (Å²) in [5.74, 6) is -1.59. The molecule has 1 aliphatic heterocycles. The smallest absolute Gasteiger partial charge is 0.305 e. The van der Waals surface area contributed by atoms with Gasteiger partial charge in [-0.05, 0) is 32.2 Å². The van der Waals surface area contributed by atoms with Crippen LogP contribution >= 0.6 is 14.5 Å². The number of carbonyl (C=O) groups is 2. The quantitative estimate of drug-likeness (QED) is 0.237. The molecule has 0 aliphatic carbocycles. The zero-order valence-corrected chi connectivity index (χ0v) is 23.8. The minimum Gasteiger partial charge on any atom is -0.453 e. The van der Waals surface area contributed by atoms with Crippen molar-refractivity contribution in [3.05, 3.63) is 35.9 Å². The Hall–Kier alpha value is -1.64. The summed E-state index contributed by atoms with van der Waals surface area (Å²) in [6, 6.07) is 8.81. The van der Waals surface area contributed by atoms with Gasteiger partial charge in [-0.3, -0.25) is 14.2 Å². The SMILES string of the molecule is CCOP(C)(=O)CC[C@]1(CC(F)(F)P(C)(C)=O)O[C@@H](OC(C)=O)C(OC(C)=O)[C@H]1OCc1ccccc1. The second-order valence-electron chi connectivity index (χ2n) is 9.55. The van der Waals surface area contributed by atoms with E-state index in [0.717, 1.165) is 27.2 Å². The van der Waals surface area contributed by atoms with Gasteiger partial charge in [0, 0.05) is 26.7 Å². The van der Waals surface area contributed by atoms with E-state index >= 15 is 8.78 Å². The van der Waals surface area contributed by atoms with E-state index in [1.54, 1.807) is 37.3 Å². The molecule has 9 nitrogen and oxygen atoms in total. The van der Waals surface area contributed by atoms with Crippen molar-refractivity contribution in [3.8, 4) is 0 Å². The molecule has 37 heavy (non-hydrogen) atoms. The van der Waals surface area contributed by atoms with Crippen LogP contribution in [0.4, 0.5) is 8.78 Å². The first-order chi connectivity index (χ1) is 17.0. The fourth-order valence-corrected chi connectivity index (χ4v) is 6.20. The van der Waals surface area contributed by atoms with Gasteiger partial charge in [0.25, 0.3) is 5.66 Å². The number of rotatable bonds is 13. The van der Waals surface area contributed by atoms with Gasteiger partial charge in [-0.15, -0.1) is 0 Å². The third-order valence-electron chi connectivity index (χ3n) is 5.94. The molecule has 0 bridgehead atoms. The van der Waals surface area contributed by atoms with E-state index in [4.69, 9.17) is 23.5 Å². The van der Waals surface area contributed by atoms with Gasteiger partial charge in [-0.25, -0.2) is 0 Å². The van der Waals surface area contributed by atoms with Crippen LogP contribution in [0.5, 0.6) is 0 Å². The molecular weight excluding hydrogens is 532 g/mol. The molecule has 1 saturated heterocycles. The monoisotopic (exact) mass is 568 g/mol. The lowest BCUT2D eigenvalue weighted by Crippen LogP contribution is -2.50. The van der Waals surface area contributed by atoms with E-state index in [9.17, 15) is 18.7 Å². The summed E-state index contributed by atoms with van der Waals surface area (Å²) in [7, 11) is -7.28. The minimum atomic E-state index is -4.02. The summed E-state index contributed by atoms with van der Waals surface area (Å²) in [4.78, 5) is 23.8. The van der Waals surface area contributed by atoms with Crippen LogP contribution in [0.2, 0.25) is 0 Å². The number of halogens is 2. The van der Waals surface area contributed by atoms with Crippen molar-refractivity contribution in [1.82, 2.24) is 0 Å². The van der Waals surface area contributed by atoms with Crippen LogP contribution < -0.4 is 0 Å². The highest BCUT2D eigenvalue weighted by molar-refractivity contribution is 7.63. The first-order valence-electron chi connectivity index (χ1n) is 11.8. The number of alkyl halides is 2. The van der Waals surface area contributed by atoms with Gasteiger partial charge in [-0.2, -0.15) is 8.78 Å². The lowest BCUT2D eigenvalue weighted by Gasteiger charge is -2.38. The Kier molecular flexibility index (Phi) is 10.6. The molecule has 0 saturated carbocycles. The summed E-state index contributed by atoms with van der Waals surface area (Å²) in [5.41, 5.74) is -5.05. The van der Waals surface area contributed by atoms with Crippen molar-refractivity contribution in [3.63, 3.8) is 0 Å². The Morgan fingerprint density at radius 3 is 2.16 bits per heavy atom. The Bertz CT molecular complexity index is 1030. The van der Waals surface area contributed by atoms with E-state index < -0.39 is 62.6 Å². The van der Waals surface area contributed by atoms with E-state index in [1.807, 2.05) is 0 Å². The fourth-order valence-electron chi connectivity index (χ4n) is 4.09. The lowest BCUT2D eigenvalue weighted by molar-refractivity contribution is -0.210. The highest BCUT2D eigenvalue weighted by atomic mass is 31.2. The van der Waals surface area contributed by atoms with E-state index in [-0.39, 0.29) is 25.8 Å². The van der Waals surface area contributed by atoms with Crippen LogP contribution in [0.3, 0.4) is 0 Å². The zero-order chi connectivity index (χ0) is 28.1. The summed E-state index contributed by atoms with van der Waals surface area (Å²) < 4.78 is 84.3. The highest BCUT2D eigenvalue weighted by Crippen LogP contribution is 2.60. The molecule has 0 N–H and O–H groups in total. The Balaban J connectivity index is 2.62. The molecule has 13 heteroatoms. The molecule has 5 atom stereocenters. The van der Waals surface area contributed by atoms with Crippen LogP contribution in [0, 0.1) is 0 Å². The minimum absolute atomic E-state index is 0.0854. The van der Waals surface area contributed by atoms with Crippen LogP contribution in [0.25, 0.3) is 0 Å². The van der Waals surface area contributed by atoms with Gasteiger partial charge in [0.1, 0.15) is 18.8 Å². The second kappa shape index (κ2) is 12.5. The van der Waals surface area contributed by atoms with Gasteiger partial charge in [-0.1, -0.05) is 30.3 Å². The van der Waals surface area contributed by atoms with Crippen LogP contribution in [0.1, 0.15) is 39.2 Å². The predicted molar refractivity (Wildman–Crippen MR) is 134 cm³/mol. The van der Waals surface area contributed by atoms with Gasteiger partial charge in [0.15, 0.2) is 13.5 Å². The molecule has 0 spiro atoms. The first-order valence-corrected chi connectivity index (χ1v) is 16.7. The fraction of sp³-hybridized carbons (Fsp3) is 0.667. The van der Waals surface area contributed by atoms with Crippen LogP contribution in [-0.4, -0.2) is 74.5 Å². The molecule has 1 aliphatic rings. The standard InChI is InChI=1S/C24H36F2O9P2/c1-7-32-37(6,30)14-13-23(16-24(25,26)36(4,5)29)21(31-15-19-11-9-8-10-12-19)20(33-17(2)27)22(35-23)34-18(3)28/h8-12,20-22H,7,13-16H2,1-6H3/t20?,21-,22-,23-,37?/m1/s1. The first kappa shape index (κ1) is 31.6. The molecule has 2 rings (SSSR count). The van der Waals surface area contributed by atoms with Crippen molar-refractivity contribution in [2.45, 2.75) is 70.0 Å². The van der Waals surface area contributed by atoms with Crippen LogP contribution in [0.15, 0.2) is 30.3 Å². The van der Waals surface area contributed by atoms with Crippen molar-refractivity contribution in [1.29, 1.82) is 0 Å². The van der Waals surface area contributed by atoms with Crippen LogP contribution in [-0.2, 0) is 48.8 Å². The molecule has 0 radical (unpaired) electrons. The molecule has 210 valence electrons. The Labute approximate surface area is 216 Å². The Morgan fingerprint density at radius 1 is 1.05 bits per heavy atom. The molecule has 0 aromatic heterocycles. The maximum absolute atomic E-state index is 15.4. The molecule has 0 amide bonds. The van der Waals surface area contributed by atoms with E-state index in [1.165, 1.54) is 6.66 Å². The maximum Gasteiger partial charge on any atom is 0.305 e. The third kappa shape index (κ3) is 8.69. The number of hydrogen-bond donors (Lipinski definition) is 0. The molecule has 1 fully saturated rings. The lowest BCUT2D eigenvalue weighted by atomic mass is 9.88. The zero-order valence-electron chi connectivity index (χ0n) is 22.0. The average molecular weight is 568 g/mol. The van der Waals surface area contributed by atoms with Crippen molar-refractivity contribution >= 4 is 26.4 Å². The number of carbonyl (C=O) groups excluding carboxylic acids is 2. The summed E-state index contributed by atoms with van der Waals surface area (Å²) in [5, 5.41) is 0. The molecule has 1 heterocycles. The predicted octanol–water partition coefficient (Wildman–Crippen LogP) is 5.10. The van der Waals surface area contributed by atoms with Crippen molar-refractivity contribution in [2.24, 2.45) is 0 Å². The van der Waals surface area contributed by atoms with Gasteiger partial charge < -0.3 is 28.0 Å². The summed E-state index contributed by atoms with van der Waals surface area (Å²) in [6.07, 6.45) is -6.01.